The molecule has 0 spiro atoms. The molecule has 1 aromatic carbocycles. The Kier molecular flexibility index (Phi) is 6.01. The van der Waals surface area contributed by atoms with Crippen molar-refractivity contribution in [3.63, 3.8) is 0 Å². The molecule has 1 atom stereocenters. The zero-order valence-corrected chi connectivity index (χ0v) is 11.3. The van der Waals surface area contributed by atoms with E-state index in [1.54, 1.807) is 0 Å². The fourth-order valence-corrected chi connectivity index (χ4v) is 1.69. The van der Waals surface area contributed by atoms with Crippen LogP contribution in [0.1, 0.15) is 0 Å². The van der Waals surface area contributed by atoms with Crippen molar-refractivity contribution in [1.29, 1.82) is 0 Å². The van der Waals surface area contributed by atoms with Gasteiger partial charge < -0.3 is 20.1 Å². The van der Waals surface area contributed by atoms with Crippen LogP contribution in [0.4, 0.5) is 10.1 Å². The minimum absolute atomic E-state index is 0. The highest BCUT2D eigenvalue weighted by Gasteiger charge is 2.21. The van der Waals surface area contributed by atoms with Crippen LogP contribution < -0.4 is 15.4 Å². The van der Waals surface area contributed by atoms with Crippen molar-refractivity contribution in [3.05, 3.63) is 24.0 Å². The lowest BCUT2D eigenvalue weighted by Crippen LogP contribution is -2.45. The van der Waals surface area contributed by atoms with Crippen LogP contribution in [0, 0.1) is 5.82 Å². The highest BCUT2D eigenvalue weighted by Crippen LogP contribution is 2.21. The smallest absolute Gasteiger partial charge is 0.254 e. The number of nitrogens with one attached hydrogen (secondary N) is 2. The molecule has 1 aromatic rings. The average Bonchev–Trinajstić information content (AvgIpc) is 2.42. The predicted octanol–water partition coefficient (Wildman–Crippen LogP) is 1.18. The summed E-state index contributed by atoms with van der Waals surface area (Å²) in [5.41, 5.74) is 0.479. The molecule has 5 nitrogen and oxygen atoms in total. The zero-order chi connectivity index (χ0) is 13.0. The summed E-state index contributed by atoms with van der Waals surface area (Å²) in [4.78, 5) is 11.8. The molecule has 1 unspecified atom stereocenters. The first-order chi connectivity index (χ1) is 8.70. The van der Waals surface area contributed by atoms with Crippen molar-refractivity contribution in [2.45, 2.75) is 6.10 Å². The van der Waals surface area contributed by atoms with Crippen molar-refractivity contribution in [2.75, 3.05) is 32.1 Å². The molecule has 19 heavy (non-hydrogen) atoms. The maximum Gasteiger partial charge on any atom is 0.254 e. The highest BCUT2D eigenvalue weighted by atomic mass is 35.5. The number of hydrogen-bond donors (Lipinski definition) is 2. The van der Waals surface area contributed by atoms with Crippen LogP contribution in [0.15, 0.2) is 18.2 Å². The third kappa shape index (κ3) is 4.05. The summed E-state index contributed by atoms with van der Waals surface area (Å²) < 4.78 is 23.3. The van der Waals surface area contributed by atoms with Crippen molar-refractivity contribution in [1.82, 2.24) is 5.32 Å². The van der Waals surface area contributed by atoms with Gasteiger partial charge in [0, 0.05) is 24.8 Å². The summed E-state index contributed by atoms with van der Waals surface area (Å²) in [5.74, 6) is -0.627. The lowest BCUT2D eigenvalue weighted by atomic mass is 10.2. The van der Waals surface area contributed by atoms with E-state index in [0.29, 0.717) is 18.8 Å². The van der Waals surface area contributed by atoms with Crippen LogP contribution in [0.2, 0.25) is 0 Å². The molecule has 1 aliphatic rings. The van der Waals surface area contributed by atoms with Gasteiger partial charge in [-0.15, -0.1) is 12.4 Å². The molecule has 0 saturated carbocycles. The van der Waals surface area contributed by atoms with Crippen molar-refractivity contribution in [3.8, 4) is 5.75 Å². The normalized spacial score (nSPS) is 18.3. The zero-order valence-electron chi connectivity index (χ0n) is 10.4. The van der Waals surface area contributed by atoms with E-state index >= 15 is 0 Å². The van der Waals surface area contributed by atoms with Gasteiger partial charge in [0.1, 0.15) is 6.10 Å². The van der Waals surface area contributed by atoms with Crippen LogP contribution in [0.3, 0.4) is 0 Å². The van der Waals surface area contributed by atoms with Gasteiger partial charge in [0.05, 0.1) is 13.7 Å². The monoisotopic (exact) mass is 290 g/mol. The summed E-state index contributed by atoms with van der Waals surface area (Å²) in [6.45, 7) is 1.73. The minimum Gasteiger partial charge on any atom is -0.494 e. The van der Waals surface area contributed by atoms with Gasteiger partial charge in [-0.2, -0.15) is 0 Å². The van der Waals surface area contributed by atoms with Gasteiger partial charge in [0.25, 0.3) is 5.91 Å². The fraction of sp³-hybridized carbons (Fsp3) is 0.417. The standard InChI is InChI=1S/C12H15FN2O3.ClH/c1-17-10-6-8(2-3-9(10)13)15-12(16)11-7-14-4-5-18-11;/h2-3,6,11,14H,4-5,7H2,1H3,(H,15,16);1H. The molecular formula is C12H16ClFN2O3. The third-order valence-corrected chi connectivity index (χ3v) is 2.64. The first-order valence-corrected chi connectivity index (χ1v) is 5.67. The molecule has 1 aliphatic heterocycles. The lowest BCUT2D eigenvalue weighted by Gasteiger charge is -2.22. The Morgan fingerprint density at radius 2 is 2.37 bits per heavy atom. The number of hydrogen-bond acceptors (Lipinski definition) is 4. The van der Waals surface area contributed by atoms with E-state index in [1.807, 2.05) is 0 Å². The number of ether oxygens (including phenoxy) is 2. The van der Waals surface area contributed by atoms with Gasteiger partial charge in [-0.25, -0.2) is 4.39 Å². The molecule has 2 N–H and O–H groups in total. The van der Waals surface area contributed by atoms with E-state index in [4.69, 9.17) is 9.47 Å². The first-order valence-electron chi connectivity index (χ1n) is 5.67. The Morgan fingerprint density at radius 1 is 1.58 bits per heavy atom. The second-order valence-electron chi connectivity index (χ2n) is 3.90. The van der Waals surface area contributed by atoms with Gasteiger partial charge in [-0.3, -0.25) is 4.79 Å². The molecule has 0 aliphatic carbocycles. The Balaban J connectivity index is 0.00000180. The number of carbonyl (C=O) groups is 1. The molecule has 1 heterocycles. The Labute approximate surface area is 116 Å². The van der Waals surface area contributed by atoms with Crippen LogP contribution in [0.25, 0.3) is 0 Å². The topological polar surface area (TPSA) is 59.6 Å². The Morgan fingerprint density at radius 3 is 3.00 bits per heavy atom. The van der Waals surface area contributed by atoms with E-state index in [9.17, 15) is 9.18 Å². The number of carbonyl (C=O) groups excluding carboxylic acids is 1. The number of amides is 1. The minimum atomic E-state index is -0.519. The van der Waals surface area contributed by atoms with Crippen molar-refractivity contribution < 1.29 is 18.7 Å². The highest BCUT2D eigenvalue weighted by molar-refractivity contribution is 5.94. The summed E-state index contributed by atoms with van der Waals surface area (Å²) in [6.07, 6.45) is -0.519. The van der Waals surface area contributed by atoms with E-state index in [2.05, 4.69) is 10.6 Å². The second kappa shape index (κ2) is 7.28. The Bertz CT molecular complexity index is 439. The quantitative estimate of drug-likeness (QED) is 0.878. The van der Waals surface area contributed by atoms with Crippen LogP contribution >= 0.6 is 12.4 Å². The van der Waals surface area contributed by atoms with E-state index < -0.39 is 11.9 Å². The SMILES string of the molecule is COc1cc(NC(=O)C2CNCCO2)ccc1F.Cl. The van der Waals surface area contributed by atoms with E-state index in [-0.39, 0.29) is 24.1 Å². The largest absolute Gasteiger partial charge is 0.494 e. The summed E-state index contributed by atoms with van der Waals surface area (Å²) in [7, 11) is 1.37. The molecule has 0 aromatic heterocycles. The van der Waals surface area contributed by atoms with Gasteiger partial charge in [0.2, 0.25) is 0 Å². The predicted molar refractivity (Wildman–Crippen MR) is 71.4 cm³/mol. The maximum absolute atomic E-state index is 13.2. The number of benzene rings is 1. The van der Waals surface area contributed by atoms with Crippen molar-refractivity contribution >= 4 is 24.0 Å². The van der Waals surface area contributed by atoms with Gasteiger partial charge >= 0.3 is 0 Å². The molecule has 1 amide bonds. The van der Waals surface area contributed by atoms with Gasteiger partial charge in [0.15, 0.2) is 11.6 Å². The van der Waals surface area contributed by atoms with E-state index in [1.165, 1.54) is 25.3 Å². The second-order valence-corrected chi connectivity index (χ2v) is 3.90. The Hall–Kier alpha value is -1.37. The average molecular weight is 291 g/mol. The van der Waals surface area contributed by atoms with Crippen LogP contribution in [0.5, 0.6) is 5.75 Å². The first kappa shape index (κ1) is 15.7. The third-order valence-electron chi connectivity index (χ3n) is 2.64. The molecule has 106 valence electrons. The fourth-order valence-electron chi connectivity index (χ4n) is 1.69. The molecule has 7 heteroatoms. The summed E-state index contributed by atoms with van der Waals surface area (Å²) in [6, 6.07) is 4.16. The van der Waals surface area contributed by atoms with E-state index in [0.717, 1.165) is 6.54 Å². The van der Waals surface area contributed by atoms with Gasteiger partial charge in [-0.1, -0.05) is 0 Å². The number of methoxy groups -OCH3 is 1. The molecule has 0 radical (unpaired) electrons. The summed E-state index contributed by atoms with van der Waals surface area (Å²) >= 11 is 0. The number of anilines is 1. The number of rotatable bonds is 3. The molecule has 1 saturated heterocycles. The van der Waals surface area contributed by atoms with Crippen LogP contribution in [-0.2, 0) is 9.53 Å². The lowest BCUT2D eigenvalue weighted by molar-refractivity contribution is -0.128. The molecular weight excluding hydrogens is 275 g/mol. The van der Waals surface area contributed by atoms with Gasteiger partial charge in [-0.05, 0) is 12.1 Å². The van der Waals surface area contributed by atoms with Crippen molar-refractivity contribution in [2.24, 2.45) is 0 Å². The summed E-state index contributed by atoms with van der Waals surface area (Å²) in [5, 5.41) is 5.73. The van der Waals surface area contributed by atoms with Crippen LogP contribution in [-0.4, -0.2) is 38.8 Å². The molecule has 2 rings (SSSR count). The molecule has 1 fully saturated rings. The molecule has 0 bridgehead atoms. The maximum atomic E-state index is 13.2. The number of morpholine rings is 1. The number of halogens is 2.